The van der Waals surface area contributed by atoms with Crippen LogP contribution < -0.4 is 5.43 Å². The van der Waals surface area contributed by atoms with Crippen molar-refractivity contribution in [3.05, 3.63) is 46.5 Å². The van der Waals surface area contributed by atoms with Crippen LogP contribution in [0.3, 0.4) is 0 Å². The molecule has 3 nitrogen and oxygen atoms in total. The molecule has 4 heteroatoms. The maximum absolute atomic E-state index is 12.0. The third-order valence-electron chi connectivity index (χ3n) is 3.24. The Morgan fingerprint density at radius 2 is 1.90 bits per heavy atom. The lowest BCUT2D eigenvalue weighted by Crippen LogP contribution is -2.25. The fourth-order valence-electron chi connectivity index (χ4n) is 2.55. The molecule has 0 atom stereocenters. The number of carbonyl (C=O) groups is 1. The highest BCUT2D eigenvalue weighted by Gasteiger charge is 2.24. The van der Waals surface area contributed by atoms with E-state index < -0.39 is 0 Å². The van der Waals surface area contributed by atoms with Crippen LogP contribution in [0.25, 0.3) is 0 Å². The Kier molecular flexibility index (Phi) is 4.29. The van der Waals surface area contributed by atoms with Crippen LogP contribution in [0.2, 0.25) is 5.02 Å². The number of nitrogens with one attached hydrogen (secondary N) is 1. The van der Waals surface area contributed by atoms with Crippen molar-refractivity contribution in [2.75, 3.05) is 0 Å². The van der Waals surface area contributed by atoms with Crippen molar-refractivity contribution >= 4 is 23.2 Å². The first-order valence-electron chi connectivity index (χ1n) is 6.65. The lowest BCUT2D eigenvalue weighted by molar-refractivity contribution is 0.0954. The first-order valence-corrected chi connectivity index (χ1v) is 7.03. The van der Waals surface area contributed by atoms with Crippen molar-refractivity contribution in [3.8, 4) is 0 Å². The molecule has 20 heavy (non-hydrogen) atoms. The quantitative estimate of drug-likeness (QED) is 0.815. The minimum Gasteiger partial charge on any atom is -0.267 e. The van der Waals surface area contributed by atoms with E-state index in [-0.39, 0.29) is 11.3 Å². The van der Waals surface area contributed by atoms with Crippen molar-refractivity contribution in [1.82, 2.24) is 5.43 Å². The number of hydrazone groups is 1. The van der Waals surface area contributed by atoms with E-state index >= 15 is 0 Å². The van der Waals surface area contributed by atoms with Crippen LogP contribution in [-0.4, -0.2) is 11.6 Å². The summed E-state index contributed by atoms with van der Waals surface area (Å²) < 4.78 is 0. The largest absolute Gasteiger partial charge is 0.271 e. The summed E-state index contributed by atoms with van der Waals surface area (Å²) in [5.74, 6) is -0.219. The number of hydrogen-bond acceptors (Lipinski definition) is 2. The molecule has 0 spiro atoms. The fourth-order valence-corrected chi connectivity index (χ4v) is 2.68. The second-order valence-electron chi connectivity index (χ2n) is 6.06. The zero-order chi connectivity index (χ0) is 14.8. The zero-order valence-corrected chi connectivity index (χ0v) is 12.8. The maximum Gasteiger partial charge on any atom is 0.271 e. The predicted molar refractivity (Wildman–Crippen MR) is 83.1 cm³/mol. The van der Waals surface area contributed by atoms with E-state index in [0.717, 1.165) is 18.6 Å². The molecule has 0 aliphatic heterocycles. The molecule has 0 saturated carbocycles. The predicted octanol–water partition coefficient (Wildman–Crippen LogP) is 4.19. The van der Waals surface area contributed by atoms with E-state index in [9.17, 15) is 4.79 Å². The van der Waals surface area contributed by atoms with Gasteiger partial charge in [0.1, 0.15) is 0 Å². The lowest BCUT2D eigenvalue weighted by atomic mass is 9.77. The molecule has 1 aromatic rings. The van der Waals surface area contributed by atoms with Crippen LogP contribution in [0.5, 0.6) is 0 Å². The number of hydrogen-bond donors (Lipinski definition) is 1. The molecule has 106 valence electrons. The summed E-state index contributed by atoms with van der Waals surface area (Å²) in [6, 6.07) is 6.75. The minimum atomic E-state index is -0.219. The summed E-state index contributed by atoms with van der Waals surface area (Å²) in [5, 5.41) is 4.85. The number of halogens is 1. The highest BCUT2D eigenvalue weighted by atomic mass is 35.5. The molecule has 1 N–H and O–H groups in total. The molecular formula is C16H19ClN2O. The Labute approximate surface area is 124 Å². The number of carbonyl (C=O) groups excluding carboxylic acids is 1. The van der Waals surface area contributed by atoms with E-state index in [2.05, 4.69) is 31.3 Å². The molecule has 0 saturated heterocycles. The van der Waals surface area contributed by atoms with Gasteiger partial charge in [-0.25, -0.2) is 5.43 Å². The average Bonchev–Trinajstić information content (AvgIpc) is 2.34. The van der Waals surface area contributed by atoms with Gasteiger partial charge in [-0.05, 0) is 55.5 Å². The molecule has 0 bridgehead atoms. The summed E-state index contributed by atoms with van der Waals surface area (Å²) in [7, 11) is 0. The van der Waals surface area contributed by atoms with Gasteiger partial charge in [-0.1, -0.05) is 31.0 Å². The topological polar surface area (TPSA) is 41.5 Å². The van der Waals surface area contributed by atoms with Crippen LogP contribution >= 0.6 is 11.6 Å². The number of benzene rings is 1. The van der Waals surface area contributed by atoms with Gasteiger partial charge in [0.15, 0.2) is 0 Å². The minimum absolute atomic E-state index is 0.197. The molecule has 2 rings (SSSR count). The van der Waals surface area contributed by atoms with Crippen molar-refractivity contribution in [2.24, 2.45) is 10.5 Å². The van der Waals surface area contributed by atoms with Gasteiger partial charge in [0, 0.05) is 10.6 Å². The molecule has 0 fully saturated rings. The van der Waals surface area contributed by atoms with Gasteiger partial charge in [0.2, 0.25) is 0 Å². The fraction of sp³-hybridized carbons (Fsp3) is 0.375. The van der Waals surface area contributed by atoms with Crippen LogP contribution in [0.15, 0.2) is 41.0 Å². The lowest BCUT2D eigenvalue weighted by Gasteiger charge is -2.29. The van der Waals surface area contributed by atoms with E-state index in [1.165, 1.54) is 5.57 Å². The molecule has 0 radical (unpaired) electrons. The zero-order valence-electron chi connectivity index (χ0n) is 12.0. The third kappa shape index (κ3) is 3.94. The van der Waals surface area contributed by atoms with Gasteiger partial charge in [0.05, 0.1) is 5.71 Å². The van der Waals surface area contributed by atoms with E-state index in [4.69, 9.17) is 11.6 Å². The van der Waals surface area contributed by atoms with Crippen molar-refractivity contribution in [3.63, 3.8) is 0 Å². The van der Waals surface area contributed by atoms with Gasteiger partial charge in [-0.15, -0.1) is 0 Å². The SMILES string of the molecule is CC1=C/C(=N/NC(=O)c2ccc(Cl)cc2)CC(C)(C)C1. The molecule has 0 unspecified atom stereocenters. The summed E-state index contributed by atoms with van der Waals surface area (Å²) in [5.41, 5.74) is 5.57. The summed E-state index contributed by atoms with van der Waals surface area (Å²) >= 11 is 5.80. The normalized spacial score (nSPS) is 19.6. The van der Waals surface area contributed by atoms with E-state index in [1.807, 2.05) is 6.08 Å². The second-order valence-corrected chi connectivity index (χ2v) is 6.50. The van der Waals surface area contributed by atoms with Gasteiger partial charge in [-0.2, -0.15) is 5.10 Å². The summed E-state index contributed by atoms with van der Waals surface area (Å²) in [6.07, 6.45) is 3.98. The number of nitrogens with zero attached hydrogens (tertiary/aromatic N) is 1. The molecule has 0 aromatic heterocycles. The van der Waals surface area contributed by atoms with Crippen LogP contribution in [0, 0.1) is 5.41 Å². The first-order chi connectivity index (χ1) is 9.35. The highest BCUT2D eigenvalue weighted by molar-refractivity contribution is 6.30. The van der Waals surface area contributed by atoms with Crippen LogP contribution in [0.1, 0.15) is 44.0 Å². The highest BCUT2D eigenvalue weighted by Crippen LogP contribution is 2.33. The maximum atomic E-state index is 12.0. The van der Waals surface area contributed by atoms with Crippen molar-refractivity contribution in [2.45, 2.75) is 33.6 Å². The Morgan fingerprint density at radius 1 is 1.25 bits per heavy atom. The first kappa shape index (κ1) is 14.8. The standard InChI is InChI=1S/C16H19ClN2O/c1-11-8-14(10-16(2,3)9-11)18-19-15(20)12-4-6-13(17)7-5-12/h4-8H,9-10H2,1-3H3,(H,19,20)/b18-14-. The Bertz CT molecular complexity index is 571. The molecule has 1 aromatic carbocycles. The van der Waals surface area contributed by atoms with Gasteiger partial charge >= 0.3 is 0 Å². The van der Waals surface area contributed by atoms with E-state index in [1.54, 1.807) is 24.3 Å². The summed E-state index contributed by atoms with van der Waals surface area (Å²) in [6.45, 7) is 6.51. The van der Waals surface area contributed by atoms with Crippen molar-refractivity contribution in [1.29, 1.82) is 0 Å². The monoisotopic (exact) mass is 290 g/mol. The number of rotatable bonds is 2. The van der Waals surface area contributed by atoms with Crippen LogP contribution in [-0.2, 0) is 0 Å². The molecule has 1 aliphatic carbocycles. The Balaban J connectivity index is 2.07. The van der Waals surface area contributed by atoms with E-state index in [0.29, 0.717) is 10.6 Å². The molecule has 0 heterocycles. The Morgan fingerprint density at radius 3 is 2.50 bits per heavy atom. The Hall–Kier alpha value is -1.61. The van der Waals surface area contributed by atoms with Gasteiger partial charge < -0.3 is 0 Å². The number of allylic oxidation sites excluding steroid dienone is 2. The third-order valence-corrected chi connectivity index (χ3v) is 3.49. The molecule has 1 aliphatic rings. The molecule has 1 amide bonds. The smallest absolute Gasteiger partial charge is 0.267 e. The van der Waals surface area contributed by atoms with Gasteiger partial charge in [-0.3, -0.25) is 4.79 Å². The molecular weight excluding hydrogens is 272 g/mol. The van der Waals surface area contributed by atoms with Crippen LogP contribution in [0.4, 0.5) is 0 Å². The summed E-state index contributed by atoms with van der Waals surface area (Å²) in [4.78, 5) is 12.0. The number of amides is 1. The van der Waals surface area contributed by atoms with Gasteiger partial charge in [0.25, 0.3) is 5.91 Å². The van der Waals surface area contributed by atoms with Crippen molar-refractivity contribution < 1.29 is 4.79 Å². The average molecular weight is 291 g/mol. The second kappa shape index (κ2) is 5.80.